The first kappa shape index (κ1) is 24.0. The van der Waals surface area contributed by atoms with Gasteiger partial charge in [0.25, 0.3) is 5.91 Å². The number of fused-ring (bicyclic) bond motifs is 1. The number of benzene rings is 3. The van der Waals surface area contributed by atoms with Crippen LogP contribution in [0.4, 0.5) is 0 Å². The lowest BCUT2D eigenvalue weighted by Gasteiger charge is -2.33. The van der Waals surface area contributed by atoms with E-state index in [0.29, 0.717) is 18.4 Å². The second-order valence-corrected chi connectivity index (χ2v) is 10.2. The van der Waals surface area contributed by atoms with Gasteiger partial charge in [0.05, 0.1) is 16.8 Å². The summed E-state index contributed by atoms with van der Waals surface area (Å²) in [5, 5.41) is 4.03. The molecule has 1 saturated carbocycles. The van der Waals surface area contributed by atoms with Crippen LogP contribution >= 0.6 is 0 Å². The summed E-state index contributed by atoms with van der Waals surface area (Å²) in [7, 11) is 0. The van der Waals surface area contributed by atoms with Gasteiger partial charge >= 0.3 is 0 Å². The van der Waals surface area contributed by atoms with E-state index in [9.17, 15) is 14.4 Å². The van der Waals surface area contributed by atoms with Gasteiger partial charge in [-0.2, -0.15) is 0 Å². The summed E-state index contributed by atoms with van der Waals surface area (Å²) >= 11 is 0. The van der Waals surface area contributed by atoms with Gasteiger partial charge in [-0.25, -0.2) is 4.98 Å². The lowest BCUT2D eigenvalue weighted by atomic mass is 9.90. The minimum absolute atomic E-state index is 0.00657. The predicted octanol–water partition coefficient (Wildman–Crippen LogP) is 5.76. The van der Waals surface area contributed by atoms with Crippen LogP contribution < -0.4 is 5.32 Å². The Morgan fingerprint density at radius 1 is 0.737 bits per heavy atom. The van der Waals surface area contributed by atoms with Crippen LogP contribution in [0.2, 0.25) is 0 Å². The minimum Gasteiger partial charge on any atom is -0.349 e. The second-order valence-electron chi connectivity index (χ2n) is 10.2. The summed E-state index contributed by atoms with van der Waals surface area (Å²) in [5.41, 5.74) is 5.36. The van der Waals surface area contributed by atoms with Gasteiger partial charge in [-0.1, -0.05) is 72.8 Å². The molecule has 1 aromatic heterocycles. The minimum atomic E-state index is -0.123. The van der Waals surface area contributed by atoms with Gasteiger partial charge < -0.3 is 5.32 Å². The molecule has 4 aromatic rings. The molecule has 1 aliphatic carbocycles. The molecule has 1 N–H and O–H groups in total. The van der Waals surface area contributed by atoms with Crippen LogP contribution in [0.1, 0.15) is 48.9 Å². The molecular weight excluding hydrogens is 474 g/mol. The Balaban J connectivity index is 1.22. The van der Waals surface area contributed by atoms with Crippen LogP contribution in [0.5, 0.6) is 0 Å². The number of para-hydroxylation sites is 1. The molecule has 2 fully saturated rings. The molecule has 6 heteroatoms. The Labute approximate surface area is 221 Å². The number of hydrogen-bond donors (Lipinski definition) is 1. The average molecular weight is 504 g/mol. The molecule has 0 spiro atoms. The first-order chi connectivity index (χ1) is 18.6. The number of rotatable bonds is 5. The van der Waals surface area contributed by atoms with E-state index in [4.69, 9.17) is 4.98 Å². The van der Waals surface area contributed by atoms with Crippen molar-refractivity contribution < 1.29 is 14.4 Å². The highest BCUT2D eigenvalue weighted by Gasteiger charge is 2.37. The van der Waals surface area contributed by atoms with Crippen LogP contribution in [0, 0.1) is 0 Å². The lowest BCUT2D eigenvalue weighted by molar-refractivity contribution is -0.141. The summed E-state index contributed by atoms with van der Waals surface area (Å²) in [4.78, 5) is 44.1. The number of hydrogen-bond acceptors (Lipinski definition) is 4. The maximum Gasteiger partial charge on any atom is 0.252 e. The number of nitrogens with one attached hydrogen (secondary N) is 1. The highest BCUT2D eigenvalue weighted by Crippen LogP contribution is 2.30. The molecule has 1 saturated heterocycles. The maximum absolute atomic E-state index is 13.5. The number of amides is 3. The molecule has 0 bridgehead atoms. The number of nitrogens with zero attached hydrogens (tertiary/aromatic N) is 2. The molecule has 6 rings (SSSR count). The van der Waals surface area contributed by atoms with Gasteiger partial charge in [-0.05, 0) is 48.9 Å². The second kappa shape index (κ2) is 10.2. The number of carbonyl (C=O) groups is 3. The molecule has 0 unspecified atom stereocenters. The quantitative estimate of drug-likeness (QED) is 0.351. The van der Waals surface area contributed by atoms with E-state index >= 15 is 0 Å². The molecule has 190 valence electrons. The summed E-state index contributed by atoms with van der Waals surface area (Å²) in [6.45, 7) is 0. The van der Waals surface area contributed by atoms with Gasteiger partial charge in [-0.3, -0.25) is 19.3 Å². The molecule has 0 atom stereocenters. The standard InChI is InChI=1S/C32H29N3O3/c36-30-18-19-31(37)35(30)25-16-14-24(15-17-25)33-32(38)27-20-29(34-28-9-5-4-8-26(27)28)23-12-10-22(11-13-23)21-6-2-1-3-7-21/h1-13,20,24-25H,14-19H2,(H,33,38). The third-order valence-corrected chi connectivity index (χ3v) is 7.74. The third-order valence-electron chi connectivity index (χ3n) is 7.74. The molecule has 3 aromatic carbocycles. The number of carbonyl (C=O) groups excluding carboxylic acids is 3. The SMILES string of the molecule is O=C(NC1CCC(N2C(=O)CCC2=O)CC1)c1cc(-c2ccc(-c3ccccc3)cc2)nc2ccccc12. The van der Waals surface area contributed by atoms with Crippen molar-refractivity contribution in [3.05, 3.63) is 90.5 Å². The Morgan fingerprint density at radius 2 is 1.34 bits per heavy atom. The predicted molar refractivity (Wildman–Crippen MR) is 147 cm³/mol. The Kier molecular flexibility index (Phi) is 6.46. The topological polar surface area (TPSA) is 79.4 Å². The van der Waals surface area contributed by atoms with Gasteiger partial charge in [0, 0.05) is 35.9 Å². The van der Waals surface area contributed by atoms with Gasteiger partial charge in [-0.15, -0.1) is 0 Å². The Hall–Kier alpha value is -4.32. The molecule has 38 heavy (non-hydrogen) atoms. The fourth-order valence-corrected chi connectivity index (χ4v) is 5.72. The first-order valence-corrected chi connectivity index (χ1v) is 13.3. The largest absolute Gasteiger partial charge is 0.349 e. The van der Waals surface area contributed by atoms with Crippen LogP contribution in [0.15, 0.2) is 84.9 Å². The van der Waals surface area contributed by atoms with Crippen LogP contribution in [-0.2, 0) is 9.59 Å². The van der Waals surface area contributed by atoms with E-state index in [1.54, 1.807) is 0 Å². The molecular formula is C32H29N3O3. The summed E-state index contributed by atoms with van der Waals surface area (Å²) in [6, 6.07) is 28.0. The number of likely N-dealkylation sites (tertiary alicyclic amines) is 1. The van der Waals surface area contributed by atoms with E-state index in [0.717, 1.165) is 59.0 Å². The summed E-state index contributed by atoms with van der Waals surface area (Å²) in [5.74, 6) is -0.243. The number of pyridine rings is 1. The van der Waals surface area contributed by atoms with Crippen LogP contribution in [0.25, 0.3) is 33.3 Å². The van der Waals surface area contributed by atoms with E-state index in [1.165, 1.54) is 4.90 Å². The van der Waals surface area contributed by atoms with Crippen molar-refractivity contribution in [2.24, 2.45) is 0 Å². The Morgan fingerprint density at radius 3 is 2.05 bits per heavy atom. The first-order valence-electron chi connectivity index (χ1n) is 13.3. The van der Waals surface area contributed by atoms with Crippen molar-refractivity contribution >= 4 is 28.6 Å². The van der Waals surface area contributed by atoms with Crippen molar-refractivity contribution in [1.82, 2.24) is 15.2 Å². The van der Waals surface area contributed by atoms with Crippen molar-refractivity contribution in [2.75, 3.05) is 0 Å². The third kappa shape index (κ3) is 4.70. The van der Waals surface area contributed by atoms with E-state index < -0.39 is 0 Å². The zero-order chi connectivity index (χ0) is 26.1. The van der Waals surface area contributed by atoms with E-state index in [1.807, 2.05) is 60.7 Å². The van der Waals surface area contributed by atoms with Crippen molar-refractivity contribution in [2.45, 2.75) is 50.6 Å². The van der Waals surface area contributed by atoms with Crippen LogP contribution in [0.3, 0.4) is 0 Å². The number of imide groups is 1. The molecule has 3 amide bonds. The van der Waals surface area contributed by atoms with E-state index in [-0.39, 0.29) is 29.8 Å². The van der Waals surface area contributed by atoms with E-state index in [2.05, 4.69) is 29.6 Å². The monoisotopic (exact) mass is 503 g/mol. The molecule has 2 heterocycles. The normalized spacial score (nSPS) is 19.6. The zero-order valence-corrected chi connectivity index (χ0v) is 21.1. The molecule has 2 aliphatic rings. The molecule has 0 radical (unpaired) electrons. The zero-order valence-electron chi connectivity index (χ0n) is 21.1. The fraction of sp³-hybridized carbons (Fsp3) is 0.250. The highest BCUT2D eigenvalue weighted by molar-refractivity contribution is 6.07. The van der Waals surface area contributed by atoms with Gasteiger partial charge in [0.2, 0.25) is 11.8 Å². The molecule has 1 aliphatic heterocycles. The van der Waals surface area contributed by atoms with Crippen molar-refractivity contribution in [1.29, 1.82) is 0 Å². The fourth-order valence-electron chi connectivity index (χ4n) is 5.72. The smallest absolute Gasteiger partial charge is 0.252 e. The number of aromatic nitrogens is 1. The molecule has 6 nitrogen and oxygen atoms in total. The summed E-state index contributed by atoms with van der Waals surface area (Å²) in [6.07, 6.45) is 3.56. The van der Waals surface area contributed by atoms with Crippen molar-refractivity contribution in [3.8, 4) is 22.4 Å². The highest BCUT2D eigenvalue weighted by atomic mass is 16.2. The van der Waals surface area contributed by atoms with Crippen LogP contribution in [-0.4, -0.2) is 39.7 Å². The van der Waals surface area contributed by atoms with Gasteiger partial charge in [0.15, 0.2) is 0 Å². The van der Waals surface area contributed by atoms with Gasteiger partial charge in [0.1, 0.15) is 0 Å². The van der Waals surface area contributed by atoms with Crippen molar-refractivity contribution in [3.63, 3.8) is 0 Å². The Bertz CT molecular complexity index is 1490. The maximum atomic E-state index is 13.5. The average Bonchev–Trinajstić information content (AvgIpc) is 3.30. The summed E-state index contributed by atoms with van der Waals surface area (Å²) < 4.78 is 0. The lowest BCUT2D eigenvalue weighted by Crippen LogP contribution is -2.45.